The standard InChI is InChI=1S/C44H64ClN3O5Si/c1-9-10-11-15-27-48(5)35-22-24-36(25-23-35)53-43(50)47-39-28-32(21-26-37(39)33-18-13-12-14-19-33)17-16-20-42(49)46-40-30-41(51-6)34(29-38(40)45)31-52-54(7,8)44(2,3)4/h12-14,18-19,21,26,28-30,35-36H,9-11,15-17,20,22-25,27,31H2,1-8H3,(H,46,49)(H,47,50). The summed E-state index contributed by atoms with van der Waals surface area (Å²) in [6, 6.07) is 20.2. The number of hydrogen-bond acceptors (Lipinski definition) is 6. The number of aryl methyl sites for hydroxylation is 1. The molecule has 54 heavy (non-hydrogen) atoms. The Morgan fingerprint density at radius 2 is 1.63 bits per heavy atom. The summed E-state index contributed by atoms with van der Waals surface area (Å²) in [5.74, 6) is 0.489. The Hall–Kier alpha value is -3.37. The third kappa shape index (κ3) is 12.9. The highest BCUT2D eigenvalue weighted by atomic mass is 35.5. The number of anilines is 2. The van der Waals surface area contributed by atoms with E-state index in [2.05, 4.69) is 69.4 Å². The number of unbranched alkanes of at least 4 members (excludes halogenated alkanes) is 3. The van der Waals surface area contributed by atoms with E-state index in [-0.39, 0.29) is 17.0 Å². The average molecular weight is 779 g/mol. The van der Waals surface area contributed by atoms with Gasteiger partial charge < -0.3 is 24.1 Å². The summed E-state index contributed by atoms with van der Waals surface area (Å²) in [6.07, 6.45) is 9.97. The number of ether oxygens (including phenoxy) is 2. The van der Waals surface area contributed by atoms with Gasteiger partial charge in [0.05, 0.1) is 30.1 Å². The predicted octanol–water partition coefficient (Wildman–Crippen LogP) is 11.9. The molecule has 1 fully saturated rings. The zero-order valence-corrected chi connectivity index (χ0v) is 35.7. The van der Waals surface area contributed by atoms with Gasteiger partial charge in [0.2, 0.25) is 5.91 Å². The van der Waals surface area contributed by atoms with Crippen LogP contribution in [0.3, 0.4) is 0 Å². The summed E-state index contributed by atoms with van der Waals surface area (Å²) in [4.78, 5) is 28.8. The number of nitrogens with zero attached hydrogens (tertiary/aromatic N) is 1. The minimum absolute atomic E-state index is 0.0789. The molecule has 8 nitrogen and oxygen atoms in total. The number of methoxy groups -OCH3 is 1. The highest BCUT2D eigenvalue weighted by molar-refractivity contribution is 6.74. The van der Waals surface area contributed by atoms with Crippen LogP contribution < -0.4 is 15.4 Å². The van der Waals surface area contributed by atoms with Crippen LogP contribution in [-0.2, 0) is 27.0 Å². The second-order valence-electron chi connectivity index (χ2n) is 16.3. The van der Waals surface area contributed by atoms with Gasteiger partial charge in [-0.2, -0.15) is 0 Å². The number of carbonyl (C=O) groups is 2. The van der Waals surface area contributed by atoms with Crippen LogP contribution in [0.1, 0.15) is 103 Å². The van der Waals surface area contributed by atoms with Crippen molar-refractivity contribution in [3.05, 3.63) is 76.8 Å². The molecule has 0 aliphatic heterocycles. The molecule has 3 aromatic rings. The first-order chi connectivity index (χ1) is 25.7. The van der Waals surface area contributed by atoms with Crippen LogP contribution in [0.25, 0.3) is 11.1 Å². The summed E-state index contributed by atoms with van der Waals surface area (Å²) >= 11 is 6.64. The van der Waals surface area contributed by atoms with E-state index in [9.17, 15) is 9.59 Å². The Morgan fingerprint density at radius 1 is 0.907 bits per heavy atom. The first-order valence-corrected chi connectivity index (χ1v) is 23.2. The number of halogens is 1. The molecule has 296 valence electrons. The molecule has 2 amide bonds. The topological polar surface area (TPSA) is 89.1 Å². The maximum atomic E-state index is 13.3. The SMILES string of the molecule is CCCCCCN(C)C1CCC(OC(=O)Nc2cc(CCCC(=O)Nc3cc(OC)c(CO[Si](C)(C)C(C)(C)C)cc3Cl)ccc2-c2ccccc2)CC1. The molecule has 2 N–H and O–H groups in total. The molecule has 0 aromatic heterocycles. The first kappa shape index (κ1) is 43.4. The third-order valence-corrected chi connectivity index (χ3v) is 16.0. The fourth-order valence-electron chi connectivity index (χ4n) is 6.72. The van der Waals surface area contributed by atoms with Crippen molar-refractivity contribution in [1.29, 1.82) is 0 Å². The van der Waals surface area contributed by atoms with E-state index in [0.29, 0.717) is 54.1 Å². The molecule has 1 aliphatic rings. The van der Waals surface area contributed by atoms with E-state index >= 15 is 0 Å². The lowest BCUT2D eigenvalue weighted by atomic mass is 9.92. The maximum Gasteiger partial charge on any atom is 0.411 e. The summed E-state index contributed by atoms with van der Waals surface area (Å²) in [5.41, 5.74) is 5.00. The van der Waals surface area contributed by atoms with Crippen molar-refractivity contribution in [2.75, 3.05) is 31.3 Å². The number of amides is 2. The second kappa shape index (κ2) is 20.5. The van der Waals surface area contributed by atoms with Gasteiger partial charge in [0.25, 0.3) is 0 Å². The molecule has 0 bridgehead atoms. The van der Waals surface area contributed by atoms with E-state index in [0.717, 1.165) is 54.5 Å². The monoisotopic (exact) mass is 777 g/mol. The minimum atomic E-state index is -1.97. The molecule has 0 radical (unpaired) electrons. The maximum absolute atomic E-state index is 13.3. The van der Waals surface area contributed by atoms with Crippen LogP contribution in [0, 0.1) is 0 Å². The van der Waals surface area contributed by atoms with Crippen LogP contribution in [-0.4, -0.2) is 58.1 Å². The van der Waals surface area contributed by atoms with Crippen LogP contribution in [0.2, 0.25) is 23.2 Å². The largest absolute Gasteiger partial charge is 0.496 e. The van der Waals surface area contributed by atoms with Crippen LogP contribution in [0.15, 0.2) is 60.7 Å². The number of hydrogen-bond donors (Lipinski definition) is 2. The van der Waals surface area contributed by atoms with E-state index in [1.54, 1.807) is 13.2 Å². The van der Waals surface area contributed by atoms with Gasteiger partial charge in [-0.1, -0.05) is 101 Å². The lowest BCUT2D eigenvalue weighted by molar-refractivity contribution is -0.116. The molecule has 0 heterocycles. The number of rotatable bonds is 18. The van der Waals surface area contributed by atoms with Crippen molar-refractivity contribution < 1.29 is 23.5 Å². The molecule has 1 aliphatic carbocycles. The lowest BCUT2D eigenvalue weighted by Crippen LogP contribution is -2.40. The van der Waals surface area contributed by atoms with Crippen molar-refractivity contribution in [2.45, 2.75) is 135 Å². The number of carbonyl (C=O) groups excluding carboxylic acids is 2. The zero-order chi connectivity index (χ0) is 39.3. The highest BCUT2D eigenvalue weighted by Crippen LogP contribution is 2.39. The molecular weight excluding hydrogens is 714 g/mol. The Morgan fingerprint density at radius 3 is 2.30 bits per heavy atom. The van der Waals surface area contributed by atoms with E-state index in [1.807, 2.05) is 48.5 Å². The van der Waals surface area contributed by atoms with E-state index in [4.69, 9.17) is 25.5 Å². The normalized spacial score (nSPS) is 16.3. The number of benzene rings is 3. The summed E-state index contributed by atoms with van der Waals surface area (Å²) in [5, 5.41) is 6.55. The Kier molecular flexibility index (Phi) is 16.5. The van der Waals surface area contributed by atoms with E-state index < -0.39 is 14.4 Å². The minimum Gasteiger partial charge on any atom is -0.496 e. The summed E-state index contributed by atoms with van der Waals surface area (Å²) in [7, 11) is 1.87. The summed E-state index contributed by atoms with van der Waals surface area (Å²) < 4.78 is 18.0. The van der Waals surface area contributed by atoms with Crippen molar-refractivity contribution in [2.24, 2.45) is 0 Å². The quantitative estimate of drug-likeness (QED) is 0.0987. The molecule has 0 atom stereocenters. The summed E-state index contributed by atoms with van der Waals surface area (Å²) in [6.45, 7) is 14.8. The van der Waals surface area contributed by atoms with Gasteiger partial charge in [0.1, 0.15) is 11.9 Å². The van der Waals surface area contributed by atoms with E-state index in [1.165, 1.54) is 25.7 Å². The molecule has 0 spiro atoms. The zero-order valence-electron chi connectivity index (χ0n) is 34.0. The second-order valence-corrected chi connectivity index (χ2v) is 21.6. The van der Waals surface area contributed by atoms with Gasteiger partial charge in [-0.05, 0) is 99.9 Å². The lowest BCUT2D eigenvalue weighted by Gasteiger charge is -2.36. The first-order valence-electron chi connectivity index (χ1n) is 19.9. The average Bonchev–Trinajstić information content (AvgIpc) is 3.13. The molecule has 1 saturated carbocycles. The molecular formula is C44H64ClN3O5Si. The van der Waals surface area contributed by atoms with Gasteiger partial charge in [0.15, 0.2) is 8.32 Å². The van der Waals surface area contributed by atoms with Gasteiger partial charge in [-0.3, -0.25) is 10.1 Å². The van der Waals surface area contributed by atoms with Crippen molar-refractivity contribution >= 4 is 43.3 Å². The predicted molar refractivity (Wildman–Crippen MR) is 226 cm³/mol. The number of nitrogens with one attached hydrogen (secondary N) is 2. The van der Waals surface area contributed by atoms with Crippen molar-refractivity contribution in [3.8, 4) is 16.9 Å². The molecule has 0 unspecified atom stereocenters. The smallest absolute Gasteiger partial charge is 0.411 e. The Labute approximate surface area is 330 Å². The Balaban J connectivity index is 1.33. The molecule has 4 rings (SSSR count). The van der Waals surface area contributed by atoms with Crippen LogP contribution in [0.4, 0.5) is 16.2 Å². The molecule has 3 aromatic carbocycles. The van der Waals surface area contributed by atoms with Gasteiger partial charge in [0, 0.05) is 29.7 Å². The fraction of sp³-hybridized carbons (Fsp3) is 0.545. The van der Waals surface area contributed by atoms with Gasteiger partial charge in [-0.25, -0.2) is 4.79 Å². The van der Waals surface area contributed by atoms with Crippen LogP contribution in [0.5, 0.6) is 5.75 Å². The molecule has 0 saturated heterocycles. The fourth-order valence-corrected chi connectivity index (χ4v) is 7.90. The van der Waals surface area contributed by atoms with Crippen molar-refractivity contribution in [1.82, 2.24) is 4.90 Å². The Bertz CT molecular complexity index is 1650. The van der Waals surface area contributed by atoms with Gasteiger partial charge >= 0.3 is 6.09 Å². The van der Waals surface area contributed by atoms with Gasteiger partial charge in [-0.15, -0.1) is 0 Å². The highest BCUT2D eigenvalue weighted by Gasteiger charge is 2.37. The third-order valence-electron chi connectivity index (χ3n) is 11.2. The molecule has 10 heteroatoms. The van der Waals surface area contributed by atoms with Crippen molar-refractivity contribution in [3.63, 3.8) is 0 Å². The van der Waals surface area contributed by atoms with Crippen LogP contribution >= 0.6 is 11.6 Å².